The molecule has 3 nitrogen and oxygen atoms in total. The zero-order valence-electron chi connectivity index (χ0n) is 12.0. The van der Waals surface area contributed by atoms with E-state index in [4.69, 9.17) is 5.73 Å². The van der Waals surface area contributed by atoms with Crippen LogP contribution in [0, 0.1) is 0 Å². The normalized spacial score (nSPS) is 20.9. The van der Waals surface area contributed by atoms with Crippen LogP contribution in [0.3, 0.4) is 0 Å². The van der Waals surface area contributed by atoms with Gasteiger partial charge in [-0.15, -0.1) is 0 Å². The number of nitrogens with two attached hydrogens (primary N) is 1. The van der Waals surface area contributed by atoms with Gasteiger partial charge in [0.1, 0.15) is 0 Å². The Balaban J connectivity index is 1.56. The fraction of sp³-hybridized carbons (Fsp3) is 0.588. The van der Waals surface area contributed by atoms with Crippen LogP contribution >= 0.6 is 0 Å². The Labute approximate surface area is 120 Å². The Morgan fingerprint density at radius 2 is 1.95 bits per heavy atom. The first-order valence-electron chi connectivity index (χ1n) is 7.79. The van der Waals surface area contributed by atoms with Crippen molar-refractivity contribution in [2.45, 2.75) is 62.9 Å². The Bertz CT molecular complexity index is 488. The SMILES string of the molecule is NC1(Cc2cccc(CC(=O)NC3CCCC3)c2)CC1. The summed E-state index contributed by atoms with van der Waals surface area (Å²) in [6, 6.07) is 8.74. The maximum atomic E-state index is 12.0. The molecule has 0 radical (unpaired) electrons. The molecular formula is C17H24N2O. The van der Waals surface area contributed by atoms with Crippen molar-refractivity contribution in [3.8, 4) is 0 Å². The van der Waals surface area contributed by atoms with Crippen LogP contribution in [0.5, 0.6) is 0 Å². The number of hydrogen-bond donors (Lipinski definition) is 2. The highest BCUT2D eigenvalue weighted by Crippen LogP contribution is 2.35. The van der Waals surface area contributed by atoms with Crippen LogP contribution in [0.4, 0.5) is 0 Å². The van der Waals surface area contributed by atoms with E-state index in [1.54, 1.807) is 0 Å². The molecule has 3 rings (SSSR count). The quantitative estimate of drug-likeness (QED) is 0.864. The second kappa shape index (κ2) is 5.57. The zero-order chi connectivity index (χ0) is 14.0. The maximum Gasteiger partial charge on any atom is 0.224 e. The molecule has 0 bridgehead atoms. The van der Waals surface area contributed by atoms with Crippen molar-refractivity contribution in [3.63, 3.8) is 0 Å². The monoisotopic (exact) mass is 272 g/mol. The van der Waals surface area contributed by atoms with E-state index in [0.29, 0.717) is 12.5 Å². The number of nitrogens with one attached hydrogen (secondary N) is 1. The molecule has 20 heavy (non-hydrogen) atoms. The molecule has 2 aliphatic carbocycles. The summed E-state index contributed by atoms with van der Waals surface area (Å²) < 4.78 is 0. The number of hydrogen-bond acceptors (Lipinski definition) is 2. The van der Waals surface area contributed by atoms with Crippen molar-refractivity contribution in [2.75, 3.05) is 0 Å². The molecule has 2 aliphatic rings. The van der Waals surface area contributed by atoms with E-state index in [2.05, 4.69) is 17.4 Å². The van der Waals surface area contributed by atoms with Crippen molar-refractivity contribution in [1.29, 1.82) is 0 Å². The van der Waals surface area contributed by atoms with Crippen LogP contribution < -0.4 is 11.1 Å². The second-order valence-electron chi connectivity index (χ2n) is 6.58. The molecule has 0 aromatic heterocycles. The van der Waals surface area contributed by atoms with Gasteiger partial charge in [0.25, 0.3) is 0 Å². The van der Waals surface area contributed by atoms with Crippen LogP contribution in [-0.2, 0) is 17.6 Å². The predicted molar refractivity (Wildman–Crippen MR) is 80.4 cm³/mol. The standard InChI is InChI=1S/C17H24N2O/c18-17(8-9-17)12-14-5-3-4-13(10-14)11-16(20)19-15-6-1-2-7-15/h3-5,10,15H,1-2,6-9,11-12,18H2,(H,19,20). The van der Waals surface area contributed by atoms with Crippen LogP contribution in [0.25, 0.3) is 0 Å². The van der Waals surface area contributed by atoms with Gasteiger partial charge in [-0.2, -0.15) is 0 Å². The molecule has 0 heterocycles. The van der Waals surface area contributed by atoms with Crippen molar-refractivity contribution in [2.24, 2.45) is 5.73 Å². The molecule has 2 saturated carbocycles. The lowest BCUT2D eigenvalue weighted by molar-refractivity contribution is -0.121. The average Bonchev–Trinajstić information content (AvgIpc) is 2.90. The highest BCUT2D eigenvalue weighted by molar-refractivity contribution is 5.78. The van der Waals surface area contributed by atoms with E-state index >= 15 is 0 Å². The van der Waals surface area contributed by atoms with Gasteiger partial charge in [0.15, 0.2) is 0 Å². The lowest BCUT2D eigenvalue weighted by atomic mass is 10.0. The average molecular weight is 272 g/mol. The number of carbonyl (C=O) groups excluding carboxylic acids is 1. The number of benzene rings is 1. The first kappa shape index (κ1) is 13.6. The lowest BCUT2D eigenvalue weighted by Crippen LogP contribution is -2.33. The summed E-state index contributed by atoms with van der Waals surface area (Å²) in [5.41, 5.74) is 8.55. The van der Waals surface area contributed by atoms with Gasteiger partial charge in [-0.05, 0) is 43.2 Å². The zero-order valence-corrected chi connectivity index (χ0v) is 12.0. The third-order valence-corrected chi connectivity index (χ3v) is 4.52. The highest BCUT2D eigenvalue weighted by atomic mass is 16.1. The minimum absolute atomic E-state index is 0.0325. The van der Waals surface area contributed by atoms with Gasteiger partial charge in [-0.25, -0.2) is 0 Å². The third kappa shape index (κ3) is 3.60. The van der Waals surface area contributed by atoms with E-state index in [1.165, 1.54) is 18.4 Å². The predicted octanol–water partition coefficient (Wildman–Crippen LogP) is 2.32. The Kier molecular flexibility index (Phi) is 3.79. The van der Waals surface area contributed by atoms with Gasteiger partial charge in [0, 0.05) is 11.6 Å². The fourth-order valence-electron chi connectivity index (χ4n) is 3.13. The third-order valence-electron chi connectivity index (χ3n) is 4.52. The molecule has 0 spiro atoms. The first-order valence-corrected chi connectivity index (χ1v) is 7.79. The summed E-state index contributed by atoms with van der Waals surface area (Å²) in [5, 5.41) is 3.14. The number of amides is 1. The second-order valence-corrected chi connectivity index (χ2v) is 6.58. The summed E-state index contributed by atoms with van der Waals surface area (Å²) in [7, 11) is 0. The summed E-state index contributed by atoms with van der Waals surface area (Å²) in [5.74, 6) is 0.155. The van der Waals surface area contributed by atoms with Crippen LogP contribution in [0.15, 0.2) is 24.3 Å². The molecule has 1 aromatic rings. The summed E-state index contributed by atoms with van der Waals surface area (Å²) in [6.07, 6.45) is 8.45. The summed E-state index contributed by atoms with van der Waals surface area (Å²) in [4.78, 5) is 12.0. The highest BCUT2D eigenvalue weighted by Gasteiger charge is 2.37. The van der Waals surface area contributed by atoms with E-state index in [9.17, 15) is 4.79 Å². The topological polar surface area (TPSA) is 55.1 Å². The molecule has 2 fully saturated rings. The summed E-state index contributed by atoms with van der Waals surface area (Å²) in [6.45, 7) is 0. The molecule has 3 N–H and O–H groups in total. The van der Waals surface area contributed by atoms with Crippen molar-refractivity contribution >= 4 is 5.91 Å². The van der Waals surface area contributed by atoms with Gasteiger partial charge >= 0.3 is 0 Å². The molecule has 0 saturated heterocycles. The smallest absolute Gasteiger partial charge is 0.224 e. The van der Waals surface area contributed by atoms with Gasteiger partial charge in [0.2, 0.25) is 5.91 Å². The van der Waals surface area contributed by atoms with Crippen LogP contribution in [-0.4, -0.2) is 17.5 Å². The Morgan fingerprint density at radius 1 is 1.25 bits per heavy atom. The molecule has 1 aromatic carbocycles. The van der Waals surface area contributed by atoms with Crippen molar-refractivity contribution < 1.29 is 4.79 Å². The molecule has 0 unspecified atom stereocenters. The fourth-order valence-corrected chi connectivity index (χ4v) is 3.13. The summed E-state index contributed by atoms with van der Waals surface area (Å²) >= 11 is 0. The van der Waals surface area contributed by atoms with E-state index in [1.807, 2.05) is 12.1 Å². The number of carbonyl (C=O) groups is 1. The molecule has 0 atom stereocenters. The van der Waals surface area contributed by atoms with Crippen LogP contribution in [0.1, 0.15) is 49.7 Å². The Morgan fingerprint density at radius 3 is 2.65 bits per heavy atom. The van der Waals surface area contributed by atoms with Crippen molar-refractivity contribution in [1.82, 2.24) is 5.32 Å². The van der Waals surface area contributed by atoms with Crippen molar-refractivity contribution in [3.05, 3.63) is 35.4 Å². The number of rotatable bonds is 5. The Hall–Kier alpha value is -1.35. The molecule has 0 aliphatic heterocycles. The molecule has 1 amide bonds. The van der Waals surface area contributed by atoms with Gasteiger partial charge < -0.3 is 11.1 Å². The minimum atomic E-state index is 0.0325. The van der Waals surface area contributed by atoms with Gasteiger partial charge in [0.05, 0.1) is 6.42 Å². The lowest BCUT2D eigenvalue weighted by Gasteiger charge is -2.13. The first-order chi connectivity index (χ1) is 9.63. The van der Waals surface area contributed by atoms with Gasteiger partial charge in [-0.1, -0.05) is 37.1 Å². The van der Waals surface area contributed by atoms with Gasteiger partial charge in [-0.3, -0.25) is 4.79 Å². The maximum absolute atomic E-state index is 12.0. The molecule has 3 heteroatoms. The molecular weight excluding hydrogens is 248 g/mol. The van der Waals surface area contributed by atoms with Crippen LogP contribution in [0.2, 0.25) is 0 Å². The minimum Gasteiger partial charge on any atom is -0.353 e. The van der Waals surface area contributed by atoms with E-state index in [0.717, 1.165) is 37.7 Å². The largest absolute Gasteiger partial charge is 0.353 e. The van der Waals surface area contributed by atoms with E-state index in [-0.39, 0.29) is 11.4 Å². The van der Waals surface area contributed by atoms with E-state index < -0.39 is 0 Å². The molecule has 108 valence electrons.